The highest BCUT2D eigenvalue weighted by molar-refractivity contribution is 5.95. The number of likely N-dealkylation sites (tertiary alicyclic amines) is 1. The Bertz CT molecular complexity index is 547. The molecule has 3 rings (SSSR count). The van der Waals surface area contributed by atoms with Crippen LogP contribution in [0.2, 0.25) is 0 Å². The van der Waals surface area contributed by atoms with Gasteiger partial charge in [-0.25, -0.2) is 0 Å². The van der Waals surface area contributed by atoms with Crippen LogP contribution in [-0.2, 0) is 0 Å². The lowest BCUT2D eigenvalue weighted by Gasteiger charge is -2.36. The van der Waals surface area contributed by atoms with E-state index >= 15 is 0 Å². The third-order valence-corrected chi connectivity index (χ3v) is 5.20. The van der Waals surface area contributed by atoms with Crippen molar-refractivity contribution in [3.63, 3.8) is 0 Å². The predicted molar refractivity (Wildman–Crippen MR) is 91.7 cm³/mol. The van der Waals surface area contributed by atoms with Gasteiger partial charge in [-0.2, -0.15) is 0 Å². The Morgan fingerprint density at radius 1 is 1.22 bits per heavy atom. The van der Waals surface area contributed by atoms with Crippen LogP contribution in [0.1, 0.15) is 48.9 Å². The molecule has 1 aliphatic carbocycles. The minimum atomic E-state index is -0.0392. The molecule has 1 aliphatic heterocycles. The van der Waals surface area contributed by atoms with E-state index in [1.165, 1.54) is 25.7 Å². The number of methoxy groups -OCH3 is 1. The summed E-state index contributed by atoms with van der Waals surface area (Å²) >= 11 is 0. The van der Waals surface area contributed by atoms with E-state index < -0.39 is 0 Å². The third kappa shape index (κ3) is 3.78. The molecule has 5 heteroatoms. The number of benzene rings is 1. The van der Waals surface area contributed by atoms with Gasteiger partial charge < -0.3 is 20.7 Å². The van der Waals surface area contributed by atoms with E-state index in [9.17, 15) is 4.79 Å². The lowest BCUT2D eigenvalue weighted by molar-refractivity contribution is 0.0892. The van der Waals surface area contributed by atoms with Gasteiger partial charge in [-0.15, -0.1) is 0 Å². The Labute approximate surface area is 138 Å². The smallest absolute Gasteiger partial charge is 0.251 e. The van der Waals surface area contributed by atoms with Crippen molar-refractivity contribution >= 4 is 11.6 Å². The predicted octanol–water partition coefficient (Wildman–Crippen LogP) is 2.41. The molecule has 0 bridgehead atoms. The molecule has 5 nitrogen and oxygen atoms in total. The van der Waals surface area contributed by atoms with Crippen LogP contribution in [0.4, 0.5) is 5.69 Å². The summed E-state index contributed by atoms with van der Waals surface area (Å²) in [5.74, 6) is 0.510. The summed E-state index contributed by atoms with van der Waals surface area (Å²) in [6, 6.07) is 6.23. The largest absolute Gasteiger partial charge is 0.495 e. The number of rotatable bonds is 4. The van der Waals surface area contributed by atoms with Crippen LogP contribution in [0.5, 0.6) is 5.75 Å². The van der Waals surface area contributed by atoms with E-state index in [0.29, 0.717) is 17.0 Å². The average molecular weight is 317 g/mol. The molecule has 1 aromatic carbocycles. The maximum atomic E-state index is 12.4. The number of carbonyl (C=O) groups excluding carboxylic acids is 1. The van der Waals surface area contributed by atoms with Gasteiger partial charge in [-0.3, -0.25) is 4.79 Å². The van der Waals surface area contributed by atoms with Gasteiger partial charge in [0.2, 0.25) is 0 Å². The molecule has 0 radical (unpaired) electrons. The van der Waals surface area contributed by atoms with E-state index in [0.717, 1.165) is 32.0 Å². The lowest BCUT2D eigenvalue weighted by Crippen LogP contribution is -2.47. The molecule has 1 amide bonds. The number of piperidine rings is 1. The summed E-state index contributed by atoms with van der Waals surface area (Å²) in [5.41, 5.74) is 6.95. The molecular weight excluding hydrogens is 290 g/mol. The molecule has 1 heterocycles. The van der Waals surface area contributed by atoms with E-state index in [4.69, 9.17) is 10.5 Å². The number of anilines is 1. The highest BCUT2D eigenvalue weighted by atomic mass is 16.5. The van der Waals surface area contributed by atoms with Gasteiger partial charge in [0.1, 0.15) is 5.75 Å². The van der Waals surface area contributed by atoms with Gasteiger partial charge in [0.15, 0.2) is 0 Å². The molecule has 0 atom stereocenters. The molecule has 126 valence electrons. The van der Waals surface area contributed by atoms with Crippen molar-refractivity contribution in [2.24, 2.45) is 0 Å². The molecule has 1 aromatic rings. The summed E-state index contributed by atoms with van der Waals surface area (Å²) in [6.45, 7) is 2.20. The minimum absolute atomic E-state index is 0.0392. The van der Waals surface area contributed by atoms with Crippen molar-refractivity contribution in [3.8, 4) is 5.75 Å². The van der Waals surface area contributed by atoms with E-state index in [1.807, 2.05) is 0 Å². The SMILES string of the molecule is COc1cc(C(=O)NC2CCN(C3CCCC3)CC2)ccc1N. The fourth-order valence-electron chi connectivity index (χ4n) is 3.80. The Morgan fingerprint density at radius 2 is 1.91 bits per heavy atom. The average Bonchev–Trinajstić information content (AvgIpc) is 3.10. The zero-order chi connectivity index (χ0) is 16.2. The molecular formula is C18H27N3O2. The van der Waals surface area contributed by atoms with Crippen LogP contribution in [0.3, 0.4) is 0 Å². The molecule has 0 aromatic heterocycles. The van der Waals surface area contributed by atoms with Crippen LogP contribution < -0.4 is 15.8 Å². The number of nitrogens with one attached hydrogen (secondary N) is 1. The number of carbonyl (C=O) groups is 1. The zero-order valence-electron chi connectivity index (χ0n) is 13.9. The molecule has 0 unspecified atom stereocenters. The normalized spacial score (nSPS) is 20.6. The van der Waals surface area contributed by atoms with E-state index in [2.05, 4.69) is 10.2 Å². The fourth-order valence-corrected chi connectivity index (χ4v) is 3.80. The molecule has 1 saturated heterocycles. The first-order chi connectivity index (χ1) is 11.2. The first-order valence-electron chi connectivity index (χ1n) is 8.66. The highest BCUT2D eigenvalue weighted by Crippen LogP contribution is 2.26. The molecule has 0 spiro atoms. The summed E-state index contributed by atoms with van der Waals surface area (Å²) in [6.07, 6.45) is 7.52. The van der Waals surface area contributed by atoms with E-state index in [-0.39, 0.29) is 11.9 Å². The van der Waals surface area contributed by atoms with Crippen LogP contribution in [0, 0.1) is 0 Å². The summed E-state index contributed by atoms with van der Waals surface area (Å²) in [5, 5.41) is 3.16. The van der Waals surface area contributed by atoms with E-state index in [1.54, 1.807) is 25.3 Å². The van der Waals surface area contributed by atoms with Gasteiger partial charge in [-0.05, 0) is 43.9 Å². The molecule has 2 fully saturated rings. The quantitative estimate of drug-likeness (QED) is 0.837. The van der Waals surface area contributed by atoms with Crippen molar-refractivity contribution in [2.75, 3.05) is 25.9 Å². The van der Waals surface area contributed by atoms with Crippen molar-refractivity contribution in [3.05, 3.63) is 23.8 Å². The van der Waals surface area contributed by atoms with Crippen LogP contribution in [0.15, 0.2) is 18.2 Å². The summed E-state index contributed by atoms with van der Waals surface area (Å²) in [7, 11) is 1.56. The first kappa shape index (κ1) is 16.1. The second kappa shape index (κ2) is 7.21. The van der Waals surface area contributed by atoms with Crippen LogP contribution in [0.25, 0.3) is 0 Å². The Kier molecular flexibility index (Phi) is 5.06. The first-order valence-corrected chi connectivity index (χ1v) is 8.66. The lowest BCUT2D eigenvalue weighted by atomic mass is 10.0. The number of nitrogens with zero attached hydrogens (tertiary/aromatic N) is 1. The van der Waals surface area contributed by atoms with Crippen LogP contribution >= 0.6 is 0 Å². The van der Waals surface area contributed by atoms with Gasteiger partial charge in [0, 0.05) is 30.7 Å². The number of ether oxygens (including phenoxy) is 1. The Morgan fingerprint density at radius 3 is 2.57 bits per heavy atom. The van der Waals surface area contributed by atoms with Gasteiger partial charge >= 0.3 is 0 Å². The third-order valence-electron chi connectivity index (χ3n) is 5.20. The van der Waals surface area contributed by atoms with Crippen molar-refractivity contribution < 1.29 is 9.53 Å². The van der Waals surface area contributed by atoms with Crippen molar-refractivity contribution in [1.82, 2.24) is 10.2 Å². The number of nitrogen functional groups attached to an aromatic ring is 1. The molecule has 23 heavy (non-hydrogen) atoms. The monoisotopic (exact) mass is 317 g/mol. The molecule has 2 aliphatic rings. The maximum Gasteiger partial charge on any atom is 0.251 e. The number of hydrogen-bond donors (Lipinski definition) is 2. The van der Waals surface area contributed by atoms with Gasteiger partial charge in [-0.1, -0.05) is 12.8 Å². The number of hydrogen-bond acceptors (Lipinski definition) is 4. The standard InChI is InChI=1S/C18H27N3O2/c1-23-17-12-13(6-7-16(17)19)18(22)20-14-8-10-21(11-9-14)15-4-2-3-5-15/h6-7,12,14-15H,2-5,8-11,19H2,1H3,(H,20,22). The summed E-state index contributed by atoms with van der Waals surface area (Å²) in [4.78, 5) is 15.0. The Hall–Kier alpha value is -1.75. The number of nitrogens with two attached hydrogens (primary N) is 1. The number of amides is 1. The minimum Gasteiger partial charge on any atom is -0.495 e. The highest BCUT2D eigenvalue weighted by Gasteiger charge is 2.27. The molecule has 1 saturated carbocycles. The summed E-state index contributed by atoms with van der Waals surface area (Å²) < 4.78 is 5.19. The van der Waals surface area contributed by atoms with Gasteiger partial charge in [0.25, 0.3) is 5.91 Å². The topological polar surface area (TPSA) is 67.6 Å². The molecule has 3 N–H and O–H groups in total. The second-order valence-electron chi connectivity index (χ2n) is 6.68. The van der Waals surface area contributed by atoms with Crippen molar-refractivity contribution in [2.45, 2.75) is 50.6 Å². The van der Waals surface area contributed by atoms with Crippen molar-refractivity contribution in [1.29, 1.82) is 0 Å². The Balaban J connectivity index is 1.53. The fraction of sp³-hybridized carbons (Fsp3) is 0.611. The van der Waals surface area contributed by atoms with Crippen LogP contribution in [-0.4, -0.2) is 43.1 Å². The van der Waals surface area contributed by atoms with Gasteiger partial charge in [0.05, 0.1) is 12.8 Å². The zero-order valence-corrected chi connectivity index (χ0v) is 13.9. The second-order valence-corrected chi connectivity index (χ2v) is 6.68. The maximum absolute atomic E-state index is 12.4.